The molecular formula is C37H46FN5O6. The molecule has 262 valence electrons. The zero-order chi connectivity index (χ0) is 35.9. The highest BCUT2D eigenvalue weighted by molar-refractivity contribution is 5.93. The van der Waals surface area contributed by atoms with E-state index >= 15 is 0 Å². The molecule has 1 aromatic carbocycles. The van der Waals surface area contributed by atoms with Crippen molar-refractivity contribution in [3.8, 4) is 11.8 Å². The second-order valence-corrected chi connectivity index (χ2v) is 13.4. The third kappa shape index (κ3) is 9.25. The second kappa shape index (κ2) is 15.7. The minimum atomic E-state index is -1.30. The normalized spacial score (nSPS) is 15.7. The summed E-state index contributed by atoms with van der Waals surface area (Å²) in [6, 6.07) is 6.91. The number of anilines is 1. The quantitative estimate of drug-likeness (QED) is 0.144. The zero-order valence-electron chi connectivity index (χ0n) is 28.9. The number of rotatable bonds is 15. The number of carbonyl (C=O) groups is 2. The molecule has 2 atom stereocenters. The summed E-state index contributed by atoms with van der Waals surface area (Å²) >= 11 is 0. The van der Waals surface area contributed by atoms with Gasteiger partial charge in [-0.05, 0) is 77.1 Å². The van der Waals surface area contributed by atoms with Gasteiger partial charge in [0.05, 0.1) is 30.5 Å². The van der Waals surface area contributed by atoms with Crippen LogP contribution in [0.25, 0.3) is 5.65 Å². The molecule has 4 rings (SSSR count). The SMILES string of the molecule is C=CCCOc1cc(F)ccc1CC(C#N)NC(=O)c1cn2c(N3CCC(C)(OCC=C)CC3)c(C(OC(C)(C)C)C(=O)O)c(C)cc2n1. The number of nitrogens with zero attached hydrogens (tertiary/aromatic N) is 4. The summed E-state index contributed by atoms with van der Waals surface area (Å²) < 4.78 is 33.6. The molecule has 0 aliphatic carbocycles. The van der Waals surface area contributed by atoms with E-state index in [1.165, 1.54) is 18.2 Å². The fraction of sp³-hybridized carbons (Fsp3) is 0.459. The molecule has 3 heterocycles. The van der Waals surface area contributed by atoms with Gasteiger partial charge >= 0.3 is 5.97 Å². The Labute approximate surface area is 287 Å². The molecular weight excluding hydrogens is 629 g/mol. The molecule has 1 aliphatic rings. The van der Waals surface area contributed by atoms with E-state index in [1.807, 2.05) is 0 Å². The average molecular weight is 676 g/mol. The number of benzene rings is 1. The van der Waals surface area contributed by atoms with Crippen molar-refractivity contribution in [3.63, 3.8) is 0 Å². The van der Waals surface area contributed by atoms with Crippen molar-refractivity contribution < 1.29 is 33.3 Å². The van der Waals surface area contributed by atoms with E-state index in [4.69, 9.17) is 14.2 Å². The monoisotopic (exact) mass is 675 g/mol. The van der Waals surface area contributed by atoms with E-state index in [2.05, 4.69) is 41.4 Å². The number of aromatic nitrogens is 2. The predicted octanol–water partition coefficient (Wildman–Crippen LogP) is 6.10. The Balaban J connectivity index is 1.71. The molecule has 2 N–H and O–H groups in total. The summed E-state index contributed by atoms with van der Waals surface area (Å²) in [5.41, 5.74) is 0.987. The summed E-state index contributed by atoms with van der Waals surface area (Å²) in [4.78, 5) is 33.0. The van der Waals surface area contributed by atoms with E-state index in [0.717, 1.165) is 0 Å². The van der Waals surface area contributed by atoms with Gasteiger partial charge in [-0.15, -0.1) is 13.2 Å². The molecule has 2 aromatic heterocycles. The van der Waals surface area contributed by atoms with Crippen molar-refractivity contribution in [1.82, 2.24) is 14.7 Å². The molecule has 0 spiro atoms. The molecule has 2 unspecified atom stereocenters. The molecule has 1 amide bonds. The molecule has 0 bridgehead atoms. The van der Waals surface area contributed by atoms with Crippen LogP contribution in [0.4, 0.5) is 10.2 Å². The van der Waals surface area contributed by atoms with Gasteiger partial charge in [0.25, 0.3) is 5.91 Å². The third-order valence-corrected chi connectivity index (χ3v) is 8.33. The van der Waals surface area contributed by atoms with Crippen LogP contribution in [0.5, 0.6) is 5.75 Å². The van der Waals surface area contributed by atoms with Gasteiger partial charge in [0.15, 0.2) is 6.10 Å². The van der Waals surface area contributed by atoms with Gasteiger partial charge in [-0.1, -0.05) is 18.2 Å². The van der Waals surface area contributed by atoms with Gasteiger partial charge in [0.2, 0.25) is 0 Å². The van der Waals surface area contributed by atoms with E-state index in [-0.39, 0.29) is 30.1 Å². The number of nitriles is 1. The van der Waals surface area contributed by atoms with E-state index in [1.54, 1.807) is 56.5 Å². The topological polar surface area (TPSA) is 138 Å². The van der Waals surface area contributed by atoms with Crippen LogP contribution in [0.1, 0.15) is 80.2 Å². The van der Waals surface area contributed by atoms with Gasteiger partial charge in [0.1, 0.15) is 34.8 Å². The van der Waals surface area contributed by atoms with Crippen LogP contribution in [-0.2, 0) is 20.7 Å². The average Bonchev–Trinajstić information content (AvgIpc) is 3.47. The Morgan fingerprint density at radius 2 is 1.94 bits per heavy atom. The highest BCUT2D eigenvalue weighted by Crippen LogP contribution is 2.38. The number of aliphatic carboxylic acids is 1. The van der Waals surface area contributed by atoms with Crippen molar-refractivity contribution >= 4 is 23.3 Å². The fourth-order valence-corrected chi connectivity index (χ4v) is 5.85. The summed E-state index contributed by atoms with van der Waals surface area (Å²) in [5, 5.41) is 23.1. The molecule has 1 saturated heterocycles. The minimum Gasteiger partial charge on any atom is -0.493 e. The maximum Gasteiger partial charge on any atom is 0.337 e. The number of imidazole rings is 1. The number of pyridine rings is 1. The summed E-state index contributed by atoms with van der Waals surface area (Å²) in [6.45, 7) is 18.5. The fourth-order valence-electron chi connectivity index (χ4n) is 5.85. The summed E-state index contributed by atoms with van der Waals surface area (Å²) in [7, 11) is 0. The number of piperidine rings is 1. The first kappa shape index (κ1) is 37.1. The van der Waals surface area contributed by atoms with Crippen LogP contribution in [0.15, 0.2) is 55.8 Å². The Kier molecular flexibility index (Phi) is 11.9. The number of carboxylic acids is 1. The molecule has 1 aliphatic heterocycles. The minimum absolute atomic E-state index is 0.0411. The number of hydrogen-bond acceptors (Lipinski definition) is 8. The van der Waals surface area contributed by atoms with Gasteiger partial charge in [-0.3, -0.25) is 9.20 Å². The van der Waals surface area contributed by atoms with E-state index in [9.17, 15) is 24.3 Å². The number of ether oxygens (including phenoxy) is 3. The van der Waals surface area contributed by atoms with E-state index < -0.39 is 35.4 Å². The van der Waals surface area contributed by atoms with Crippen LogP contribution >= 0.6 is 0 Å². The lowest BCUT2D eigenvalue weighted by atomic mass is 9.92. The highest BCUT2D eigenvalue weighted by Gasteiger charge is 2.37. The number of carboxylic acid groups (broad SMARTS) is 1. The Morgan fingerprint density at radius 1 is 1.22 bits per heavy atom. The van der Waals surface area contributed by atoms with Gasteiger partial charge < -0.3 is 29.5 Å². The van der Waals surface area contributed by atoms with Crippen molar-refractivity contribution in [2.75, 3.05) is 31.2 Å². The smallest absolute Gasteiger partial charge is 0.337 e. The predicted molar refractivity (Wildman–Crippen MR) is 184 cm³/mol. The number of nitrogens with one attached hydrogen (secondary N) is 1. The standard InChI is InChI=1S/C37H46FN5O6/c1-8-10-18-47-29-21-26(38)12-11-25(29)20-27(22-39)40-33(44)28-23-43-30(41-28)19-24(3)31(32(35(45)46)49-36(4,5)6)34(43)42-15-13-37(7,14-16-42)48-17-9-2/h8-9,11-12,19,21,23,27,32H,1-2,10,13-18,20H2,3-7H3,(H,40,44)(H,45,46). The first-order valence-electron chi connectivity index (χ1n) is 16.3. The maximum atomic E-state index is 14.0. The largest absolute Gasteiger partial charge is 0.493 e. The lowest BCUT2D eigenvalue weighted by Gasteiger charge is -2.41. The van der Waals surface area contributed by atoms with E-state index in [0.29, 0.717) is 67.1 Å². The summed E-state index contributed by atoms with van der Waals surface area (Å²) in [6.07, 6.45) is 5.61. The van der Waals surface area contributed by atoms with Gasteiger partial charge in [0, 0.05) is 37.3 Å². The van der Waals surface area contributed by atoms with Crippen LogP contribution in [0, 0.1) is 24.1 Å². The Bertz CT molecular complexity index is 1730. The van der Waals surface area contributed by atoms with Crippen molar-refractivity contribution in [1.29, 1.82) is 5.26 Å². The third-order valence-electron chi connectivity index (χ3n) is 8.33. The first-order valence-corrected chi connectivity index (χ1v) is 16.3. The number of amides is 1. The molecule has 0 radical (unpaired) electrons. The molecule has 49 heavy (non-hydrogen) atoms. The molecule has 3 aromatic rings. The first-order chi connectivity index (χ1) is 23.2. The molecule has 0 saturated carbocycles. The van der Waals surface area contributed by atoms with Crippen LogP contribution < -0.4 is 15.0 Å². The van der Waals surface area contributed by atoms with Crippen molar-refractivity contribution in [2.45, 2.75) is 83.6 Å². The van der Waals surface area contributed by atoms with Crippen molar-refractivity contribution in [3.05, 3.63) is 84.0 Å². The second-order valence-electron chi connectivity index (χ2n) is 13.4. The Hall–Kier alpha value is -4.73. The number of hydrogen-bond donors (Lipinski definition) is 2. The molecule has 12 heteroatoms. The lowest BCUT2D eigenvalue weighted by molar-refractivity contribution is -0.160. The molecule has 1 fully saturated rings. The molecule has 11 nitrogen and oxygen atoms in total. The van der Waals surface area contributed by atoms with Crippen LogP contribution in [-0.4, -0.2) is 69.9 Å². The van der Waals surface area contributed by atoms with Crippen molar-refractivity contribution in [2.24, 2.45) is 0 Å². The lowest BCUT2D eigenvalue weighted by Crippen LogP contribution is -2.45. The highest BCUT2D eigenvalue weighted by atomic mass is 19.1. The van der Waals surface area contributed by atoms with Gasteiger partial charge in [-0.25, -0.2) is 14.2 Å². The zero-order valence-corrected chi connectivity index (χ0v) is 28.9. The van der Waals surface area contributed by atoms with Crippen LogP contribution in [0.3, 0.4) is 0 Å². The summed E-state index contributed by atoms with van der Waals surface area (Å²) in [5.74, 6) is -1.37. The number of aryl methyl sites for hydroxylation is 1. The van der Waals surface area contributed by atoms with Gasteiger partial charge in [-0.2, -0.15) is 5.26 Å². The number of carbonyl (C=O) groups excluding carboxylic acids is 1. The maximum absolute atomic E-state index is 14.0. The number of fused-ring (bicyclic) bond motifs is 1. The van der Waals surface area contributed by atoms with Crippen LogP contribution in [0.2, 0.25) is 0 Å². The number of halogens is 1. The Morgan fingerprint density at radius 3 is 2.55 bits per heavy atom.